The van der Waals surface area contributed by atoms with E-state index in [0.717, 1.165) is 10.0 Å². The van der Waals surface area contributed by atoms with Gasteiger partial charge in [-0.25, -0.2) is 5.43 Å². The molecule has 0 fully saturated rings. The van der Waals surface area contributed by atoms with Crippen LogP contribution < -0.4 is 20.2 Å². The van der Waals surface area contributed by atoms with Crippen LogP contribution in [0.1, 0.15) is 28.4 Å². The Labute approximate surface area is 211 Å². The molecule has 3 aromatic carbocycles. The molecule has 3 aromatic rings. The number of ether oxygens (including phenoxy) is 2. The molecule has 9 heteroatoms. The lowest BCUT2D eigenvalue weighted by Gasteiger charge is -2.14. The summed E-state index contributed by atoms with van der Waals surface area (Å²) in [5.41, 5.74) is 5.29. The van der Waals surface area contributed by atoms with E-state index in [1.807, 2.05) is 38.1 Å². The fourth-order valence-corrected chi connectivity index (χ4v) is 3.41. The summed E-state index contributed by atoms with van der Waals surface area (Å²) in [4.78, 5) is 24.5. The second-order valence-electron chi connectivity index (χ2n) is 7.17. The van der Waals surface area contributed by atoms with Crippen molar-refractivity contribution in [2.75, 3.05) is 18.5 Å². The summed E-state index contributed by atoms with van der Waals surface area (Å²) < 4.78 is 12.2. The zero-order valence-electron chi connectivity index (χ0n) is 18.6. The lowest BCUT2D eigenvalue weighted by molar-refractivity contribution is -0.118. The predicted molar refractivity (Wildman–Crippen MR) is 137 cm³/mol. The molecule has 34 heavy (non-hydrogen) atoms. The molecule has 0 aliphatic rings. The summed E-state index contributed by atoms with van der Waals surface area (Å²) in [5.74, 6) is -0.0690. The first-order valence-electron chi connectivity index (χ1n) is 10.4. The molecule has 2 N–H and O–H groups in total. The fraction of sp³-hybridized carbons (Fsp3) is 0.160. The third kappa shape index (κ3) is 7.33. The van der Waals surface area contributed by atoms with E-state index in [9.17, 15) is 9.59 Å². The number of hydrogen-bond acceptors (Lipinski definition) is 5. The first-order valence-corrected chi connectivity index (χ1v) is 11.6. The molecule has 3 rings (SSSR count). The molecular weight excluding hydrogens is 522 g/mol. The molecule has 0 spiro atoms. The number of anilines is 1. The number of nitrogens with one attached hydrogen (secondary N) is 2. The summed E-state index contributed by atoms with van der Waals surface area (Å²) in [6.45, 7) is 3.91. The first kappa shape index (κ1) is 25.3. The third-order valence-electron chi connectivity index (χ3n) is 4.50. The molecule has 2 amide bonds. The average molecular weight is 545 g/mol. The quantitative estimate of drug-likeness (QED) is 0.271. The summed E-state index contributed by atoms with van der Waals surface area (Å²) >= 11 is 9.72. The van der Waals surface area contributed by atoms with Crippen LogP contribution in [0.3, 0.4) is 0 Å². The standard InChI is InChI=1S/C25H23BrClN3O4/c1-3-33-22-13-17(14-28-30-25(32)18-6-8-19(26)9-7-18)12-21(27)24(22)34-15-23(31)29-20-10-4-16(2)5-11-20/h4-14H,3,15H2,1-2H3,(H,29,31)(H,30,32)/b28-14+. The highest BCUT2D eigenvalue weighted by Crippen LogP contribution is 2.36. The Hall–Kier alpha value is -3.36. The largest absolute Gasteiger partial charge is 0.490 e. The van der Waals surface area contributed by atoms with Gasteiger partial charge in [-0.05, 0) is 67.9 Å². The summed E-state index contributed by atoms with van der Waals surface area (Å²) in [7, 11) is 0. The van der Waals surface area contributed by atoms with Crippen LogP contribution in [0, 0.1) is 6.92 Å². The minimum absolute atomic E-state index is 0.245. The van der Waals surface area contributed by atoms with E-state index >= 15 is 0 Å². The van der Waals surface area contributed by atoms with Crippen molar-refractivity contribution in [3.63, 3.8) is 0 Å². The van der Waals surface area contributed by atoms with Crippen molar-refractivity contribution in [1.29, 1.82) is 0 Å². The molecule has 0 saturated carbocycles. The molecule has 176 valence electrons. The lowest BCUT2D eigenvalue weighted by atomic mass is 10.2. The number of aryl methyl sites for hydroxylation is 1. The molecule has 0 heterocycles. The number of halogens is 2. The van der Waals surface area contributed by atoms with Crippen LogP contribution in [0.4, 0.5) is 5.69 Å². The highest BCUT2D eigenvalue weighted by molar-refractivity contribution is 9.10. The van der Waals surface area contributed by atoms with E-state index in [1.54, 1.807) is 36.4 Å². The average Bonchev–Trinajstić information content (AvgIpc) is 2.80. The van der Waals surface area contributed by atoms with Crippen LogP contribution in [0.15, 0.2) is 70.2 Å². The van der Waals surface area contributed by atoms with Crippen molar-refractivity contribution < 1.29 is 19.1 Å². The Balaban J connectivity index is 1.65. The molecule has 0 unspecified atom stereocenters. The number of nitrogens with zero attached hydrogens (tertiary/aromatic N) is 1. The lowest BCUT2D eigenvalue weighted by Crippen LogP contribution is -2.20. The van der Waals surface area contributed by atoms with Crippen molar-refractivity contribution in [2.45, 2.75) is 13.8 Å². The van der Waals surface area contributed by atoms with E-state index in [0.29, 0.717) is 29.2 Å². The number of hydrogen-bond donors (Lipinski definition) is 2. The van der Waals surface area contributed by atoms with E-state index < -0.39 is 0 Å². The van der Waals surface area contributed by atoms with Crippen LogP contribution in [-0.4, -0.2) is 31.2 Å². The van der Waals surface area contributed by atoms with Crippen LogP contribution in [-0.2, 0) is 4.79 Å². The highest BCUT2D eigenvalue weighted by atomic mass is 79.9. The minimum atomic E-state index is -0.348. The first-order chi connectivity index (χ1) is 16.4. The van der Waals surface area contributed by atoms with Gasteiger partial charge in [0.25, 0.3) is 11.8 Å². The molecule has 7 nitrogen and oxygen atoms in total. The van der Waals surface area contributed by atoms with Crippen LogP contribution in [0.5, 0.6) is 11.5 Å². The maximum absolute atomic E-state index is 12.3. The Morgan fingerprint density at radius 2 is 1.76 bits per heavy atom. The van der Waals surface area contributed by atoms with Crippen molar-refractivity contribution in [2.24, 2.45) is 5.10 Å². The van der Waals surface area contributed by atoms with Gasteiger partial charge in [-0.3, -0.25) is 9.59 Å². The van der Waals surface area contributed by atoms with Crippen LogP contribution >= 0.6 is 27.5 Å². The number of carbonyl (C=O) groups is 2. The van der Waals surface area contributed by atoms with Crippen molar-refractivity contribution in [3.05, 3.63) is 86.8 Å². The van der Waals surface area contributed by atoms with Gasteiger partial charge in [-0.1, -0.05) is 45.2 Å². The second kappa shape index (κ2) is 12.2. The van der Waals surface area contributed by atoms with Gasteiger partial charge in [0.2, 0.25) is 0 Å². The predicted octanol–water partition coefficient (Wildman–Crippen LogP) is 5.59. The molecule has 0 radical (unpaired) electrons. The van der Waals surface area contributed by atoms with Gasteiger partial charge < -0.3 is 14.8 Å². The molecular formula is C25H23BrClN3O4. The van der Waals surface area contributed by atoms with Gasteiger partial charge in [-0.15, -0.1) is 0 Å². The van der Waals surface area contributed by atoms with Gasteiger partial charge in [0, 0.05) is 15.7 Å². The topological polar surface area (TPSA) is 89.0 Å². The van der Waals surface area contributed by atoms with Crippen LogP contribution in [0.2, 0.25) is 5.02 Å². The summed E-state index contributed by atoms with van der Waals surface area (Å²) in [5, 5.41) is 6.99. The smallest absolute Gasteiger partial charge is 0.271 e. The van der Waals surface area contributed by atoms with Gasteiger partial charge in [0.15, 0.2) is 18.1 Å². The van der Waals surface area contributed by atoms with Gasteiger partial charge in [0.1, 0.15) is 0 Å². The van der Waals surface area contributed by atoms with Crippen molar-refractivity contribution >= 4 is 51.2 Å². The normalized spacial score (nSPS) is 10.7. The van der Waals surface area contributed by atoms with Crippen LogP contribution in [0.25, 0.3) is 0 Å². The van der Waals surface area contributed by atoms with Crippen molar-refractivity contribution in [3.8, 4) is 11.5 Å². The number of benzene rings is 3. The Morgan fingerprint density at radius 1 is 1.06 bits per heavy atom. The SMILES string of the molecule is CCOc1cc(/C=N/NC(=O)c2ccc(Br)cc2)cc(Cl)c1OCC(=O)Nc1ccc(C)cc1. The molecule has 0 bridgehead atoms. The second-order valence-corrected chi connectivity index (χ2v) is 8.49. The molecule has 0 aromatic heterocycles. The molecule has 0 atom stereocenters. The Morgan fingerprint density at radius 3 is 2.44 bits per heavy atom. The maximum atomic E-state index is 12.3. The zero-order valence-corrected chi connectivity index (χ0v) is 20.9. The van der Waals surface area contributed by atoms with Gasteiger partial charge in [-0.2, -0.15) is 5.10 Å². The number of hydrazone groups is 1. The zero-order chi connectivity index (χ0) is 24.5. The Bertz CT molecular complexity index is 1180. The summed E-state index contributed by atoms with van der Waals surface area (Å²) in [6, 6.07) is 17.6. The molecule has 0 aliphatic carbocycles. The third-order valence-corrected chi connectivity index (χ3v) is 5.31. The molecule has 0 aliphatic heterocycles. The Kier molecular flexibility index (Phi) is 9.07. The van der Waals surface area contributed by atoms with E-state index in [1.165, 1.54) is 6.21 Å². The van der Waals surface area contributed by atoms with Gasteiger partial charge >= 0.3 is 0 Å². The highest BCUT2D eigenvalue weighted by Gasteiger charge is 2.14. The fourth-order valence-electron chi connectivity index (χ4n) is 2.87. The number of carbonyl (C=O) groups excluding carboxylic acids is 2. The number of amides is 2. The van der Waals surface area contributed by atoms with E-state index in [-0.39, 0.29) is 29.2 Å². The van der Waals surface area contributed by atoms with Gasteiger partial charge in [0.05, 0.1) is 17.8 Å². The maximum Gasteiger partial charge on any atom is 0.271 e. The summed E-state index contributed by atoms with van der Waals surface area (Å²) in [6.07, 6.45) is 1.44. The van der Waals surface area contributed by atoms with Crippen molar-refractivity contribution in [1.82, 2.24) is 5.43 Å². The minimum Gasteiger partial charge on any atom is -0.490 e. The van der Waals surface area contributed by atoms with E-state index in [4.69, 9.17) is 21.1 Å². The number of rotatable bonds is 9. The van der Waals surface area contributed by atoms with E-state index in [2.05, 4.69) is 31.8 Å². The molecule has 0 saturated heterocycles. The monoisotopic (exact) mass is 543 g/mol.